The van der Waals surface area contributed by atoms with E-state index in [1.54, 1.807) is 0 Å². The highest BCUT2D eigenvalue weighted by atomic mass is 15.3. The van der Waals surface area contributed by atoms with E-state index in [4.69, 9.17) is 0 Å². The lowest BCUT2D eigenvalue weighted by Crippen LogP contribution is -2.43. The number of benzene rings is 1. The summed E-state index contributed by atoms with van der Waals surface area (Å²) in [5, 5.41) is 3.57. The summed E-state index contributed by atoms with van der Waals surface area (Å²) < 4.78 is 0. The van der Waals surface area contributed by atoms with Crippen LogP contribution < -0.4 is 10.2 Å². The van der Waals surface area contributed by atoms with E-state index < -0.39 is 0 Å². The summed E-state index contributed by atoms with van der Waals surface area (Å²) >= 11 is 0. The second-order valence-corrected chi connectivity index (χ2v) is 6.04. The molecule has 2 aliphatic rings. The molecule has 2 nitrogen and oxygen atoms in total. The van der Waals surface area contributed by atoms with Crippen molar-refractivity contribution >= 4 is 5.69 Å². The maximum atomic E-state index is 3.57. The molecule has 98 valence electrons. The Balaban J connectivity index is 1.89. The first-order chi connectivity index (χ1) is 8.69. The van der Waals surface area contributed by atoms with Crippen molar-refractivity contribution in [2.24, 2.45) is 0 Å². The Hall–Kier alpha value is -1.02. The van der Waals surface area contributed by atoms with Crippen molar-refractivity contribution in [3.05, 3.63) is 29.3 Å². The minimum atomic E-state index is 0.630. The van der Waals surface area contributed by atoms with Gasteiger partial charge < -0.3 is 10.2 Å². The molecule has 0 saturated carbocycles. The first-order valence-corrected chi connectivity index (χ1v) is 7.32. The number of piperazine rings is 1. The predicted molar refractivity (Wildman–Crippen MR) is 77.5 cm³/mol. The Kier molecular flexibility index (Phi) is 3.06. The van der Waals surface area contributed by atoms with Crippen LogP contribution in [0.1, 0.15) is 44.2 Å². The Bertz CT molecular complexity index is 439. The van der Waals surface area contributed by atoms with Crippen molar-refractivity contribution in [2.75, 3.05) is 18.0 Å². The van der Waals surface area contributed by atoms with Crippen LogP contribution in [0, 0.1) is 0 Å². The highest BCUT2D eigenvalue weighted by Crippen LogP contribution is 2.32. The van der Waals surface area contributed by atoms with E-state index in [1.807, 2.05) is 0 Å². The Morgan fingerprint density at radius 2 is 2.22 bits per heavy atom. The van der Waals surface area contributed by atoms with E-state index in [-0.39, 0.29) is 0 Å². The summed E-state index contributed by atoms with van der Waals surface area (Å²) in [5.41, 5.74) is 4.48. The van der Waals surface area contributed by atoms with Gasteiger partial charge in [0.05, 0.1) is 0 Å². The fourth-order valence-electron chi connectivity index (χ4n) is 3.52. The van der Waals surface area contributed by atoms with Crippen LogP contribution in [0.25, 0.3) is 0 Å². The summed E-state index contributed by atoms with van der Waals surface area (Å²) in [7, 11) is 0. The SMILES string of the molecule is CCc1cc(N2C[C@@H]3C[C@H]2CN3)ccc1C(C)C. The molecule has 0 aliphatic carbocycles. The molecule has 0 spiro atoms. The number of fused-ring (bicyclic) bond motifs is 2. The summed E-state index contributed by atoms with van der Waals surface area (Å²) in [6, 6.07) is 8.55. The first kappa shape index (κ1) is 12.0. The molecule has 1 aromatic rings. The average molecular weight is 244 g/mol. The standard InChI is InChI=1S/C16H24N2/c1-4-12-7-14(5-6-16(12)11(2)3)18-10-13-8-15(18)9-17-13/h5-7,11,13,15,17H,4,8-10H2,1-3H3/t13-,15-/m0/s1. The molecule has 2 aliphatic heterocycles. The van der Waals surface area contributed by atoms with Crippen LogP contribution >= 0.6 is 0 Å². The summed E-state index contributed by atoms with van der Waals surface area (Å²) in [6.45, 7) is 9.20. The van der Waals surface area contributed by atoms with Gasteiger partial charge in [0, 0.05) is 30.9 Å². The molecule has 0 radical (unpaired) electrons. The molecule has 0 unspecified atom stereocenters. The van der Waals surface area contributed by atoms with Crippen molar-refractivity contribution in [1.82, 2.24) is 5.32 Å². The molecular weight excluding hydrogens is 220 g/mol. The van der Waals surface area contributed by atoms with Crippen molar-refractivity contribution < 1.29 is 0 Å². The number of nitrogens with one attached hydrogen (secondary N) is 1. The minimum Gasteiger partial charge on any atom is -0.366 e. The Labute approximate surface area is 110 Å². The van der Waals surface area contributed by atoms with Crippen LogP contribution in [0.2, 0.25) is 0 Å². The maximum absolute atomic E-state index is 3.57. The average Bonchev–Trinajstić information content (AvgIpc) is 3.00. The van der Waals surface area contributed by atoms with Gasteiger partial charge in [-0.15, -0.1) is 0 Å². The van der Waals surface area contributed by atoms with E-state index in [0.29, 0.717) is 5.92 Å². The van der Waals surface area contributed by atoms with Gasteiger partial charge in [0.15, 0.2) is 0 Å². The lowest BCUT2D eigenvalue weighted by Gasteiger charge is -2.30. The fraction of sp³-hybridized carbons (Fsp3) is 0.625. The predicted octanol–water partition coefficient (Wildman–Crippen LogP) is 2.92. The Morgan fingerprint density at radius 1 is 1.39 bits per heavy atom. The van der Waals surface area contributed by atoms with Crippen LogP contribution in [0.4, 0.5) is 5.69 Å². The summed E-state index contributed by atoms with van der Waals surface area (Å²) in [6.07, 6.45) is 2.47. The monoisotopic (exact) mass is 244 g/mol. The minimum absolute atomic E-state index is 0.630. The number of hydrogen-bond acceptors (Lipinski definition) is 2. The summed E-state index contributed by atoms with van der Waals surface area (Å²) in [4.78, 5) is 2.60. The van der Waals surface area contributed by atoms with Crippen molar-refractivity contribution in [3.63, 3.8) is 0 Å². The molecule has 2 saturated heterocycles. The molecule has 2 heteroatoms. The van der Waals surface area contributed by atoms with Crippen molar-refractivity contribution in [1.29, 1.82) is 0 Å². The first-order valence-electron chi connectivity index (χ1n) is 7.32. The van der Waals surface area contributed by atoms with Gasteiger partial charge in [0.25, 0.3) is 0 Å². The van der Waals surface area contributed by atoms with E-state index >= 15 is 0 Å². The lowest BCUT2D eigenvalue weighted by molar-refractivity contribution is 0.580. The third-order valence-electron chi connectivity index (χ3n) is 4.52. The number of rotatable bonds is 3. The van der Waals surface area contributed by atoms with Gasteiger partial charge in [0.2, 0.25) is 0 Å². The van der Waals surface area contributed by atoms with E-state index in [0.717, 1.165) is 25.0 Å². The van der Waals surface area contributed by atoms with Crippen LogP contribution in [0.5, 0.6) is 0 Å². The molecule has 0 amide bonds. The lowest BCUT2D eigenvalue weighted by atomic mass is 9.95. The second kappa shape index (κ2) is 4.58. The van der Waals surface area contributed by atoms with Gasteiger partial charge in [-0.2, -0.15) is 0 Å². The van der Waals surface area contributed by atoms with Crippen molar-refractivity contribution in [3.8, 4) is 0 Å². The zero-order valence-electron chi connectivity index (χ0n) is 11.7. The number of aryl methyl sites for hydroxylation is 1. The third kappa shape index (κ3) is 1.93. The van der Waals surface area contributed by atoms with Gasteiger partial charge in [-0.05, 0) is 42.0 Å². The van der Waals surface area contributed by atoms with Gasteiger partial charge in [-0.1, -0.05) is 26.8 Å². The van der Waals surface area contributed by atoms with Crippen LogP contribution in [0.15, 0.2) is 18.2 Å². The molecule has 2 atom stereocenters. The molecule has 1 N–H and O–H groups in total. The molecule has 0 aromatic heterocycles. The van der Waals surface area contributed by atoms with E-state index in [9.17, 15) is 0 Å². The molecule has 3 rings (SSSR count). The number of hydrogen-bond donors (Lipinski definition) is 1. The highest BCUT2D eigenvalue weighted by Gasteiger charge is 2.37. The van der Waals surface area contributed by atoms with Gasteiger partial charge in [0.1, 0.15) is 0 Å². The van der Waals surface area contributed by atoms with E-state index in [1.165, 1.54) is 29.8 Å². The molecule has 1 aromatic carbocycles. The second-order valence-electron chi connectivity index (χ2n) is 6.04. The zero-order chi connectivity index (χ0) is 12.7. The number of nitrogens with zero attached hydrogens (tertiary/aromatic N) is 1. The molecule has 18 heavy (non-hydrogen) atoms. The van der Waals surface area contributed by atoms with Gasteiger partial charge in [-0.3, -0.25) is 0 Å². The summed E-state index contributed by atoms with van der Waals surface area (Å²) in [5.74, 6) is 0.630. The zero-order valence-corrected chi connectivity index (χ0v) is 11.7. The molecular formula is C16H24N2. The van der Waals surface area contributed by atoms with Crippen LogP contribution in [-0.2, 0) is 6.42 Å². The van der Waals surface area contributed by atoms with E-state index in [2.05, 4.69) is 49.2 Å². The highest BCUT2D eigenvalue weighted by molar-refractivity contribution is 5.54. The molecule has 2 heterocycles. The normalized spacial score (nSPS) is 26.3. The molecule has 2 fully saturated rings. The van der Waals surface area contributed by atoms with Crippen molar-refractivity contribution in [2.45, 2.75) is 51.6 Å². The smallest absolute Gasteiger partial charge is 0.0430 e. The quantitative estimate of drug-likeness (QED) is 0.879. The van der Waals surface area contributed by atoms with Crippen LogP contribution in [0.3, 0.4) is 0 Å². The topological polar surface area (TPSA) is 15.3 Å². The van der Waals surface area contributed by atoms with Gasteiger partial charge in [-0.25, -0.2) is 0 Å². The number of anilines is 1. The third-order valence-corrected chi connectivity index (χ3v) is 4.52. The fourth-order valence-corrected chi connectivity index (χ4v) is 3.52. The van der Waals surface area contributed by atoms with Crippen LogP contribution in [-0.4, -0.2) is 25.2 Å². The maximum Gasteiger partial charge on any atom is 0.0430 e. The Morgan fingerprint density at radius 3 is 2.78 bits per heavy atom. The molecule has 2 bridgehead atoms. The van der Waals surface area contributed by atoms with Gasteiger partial charge >= 0.3 is 0 Å². The largest absolute Gasteiger partial charge is 0.366 e.